The van der Waals surface area contributed by atoms with Gasteiger partial charge in [0.25, 0.3) is 0 Å². The number of carbonyl (C=O) groups excluding carboxylic acids is 1. The molecule has 2 saturated carbocycles. The predicted molar refractivity (Wildman–Crippen MR) is 58.4 cm³/mol. The van der Waals surface area contributed by atoms with Crippen LogP contribution >= 0.6 is 0 Å². The van der Waals surface area contributed by atoms with Gasteiger partial charge in [-0.05, 0) is 44.6 Å². The zero-order chi connectivity index (χ0) is 10.4. The molecular weight excluding hydrogens is 188 g/mol. The SMILES string of the molecule is CNC1CCN(C(=O)C2CC2C2CC2)C1. The molecule has 0 bridgehead atoms. The Bertz CT molecular complexity index is 275. The van der Waals surface area contributed by atoms with Crippen molar-refractivity contribution in [2.75, 3.05) is 20.1 Å². The van der Waals surface area contributed by atoms with Gasteiger partial charge >= 0.3 is 0 Å². The normalized spacial score (nSPS) is 39.5. The summed E-state index contributed by atoms with van der Waals surface area (Å²) >= 11 is 0. The molecule has 0 radical (unpaired) electrons. The second kappa shape index (κ2) is 3.48. The lowest BCUT2D eigenvalue weighted by atomic mass is 10.2. The van der Waals surface area contributed by atoms with Gasteiger partial charge in [-0.15, -0.1) is 0 Å². The molecule has 1 saturated heterocycles. The zero-order valence-electron chi connectivity index (χ0n) is 9.41. The van der Waals surface area contributed by atoms with Crippen LogP contribution in [0.5, 0.6) is 0 Å². The lowest BCUT2D eigenvalue weighted by molar-refractivity contribution is -0.131. The maximum atomic E-state index is 12.1. The third-order valence-corrected chi connectivity index (χ3v) is 4.29. The van der Waals surface area contributed by atoms with E-state index in [9.17, 15) is 4.79 Å². The molecule has 0 spiro atoms. The van der Waals surface area contributed by atoms with E-state index in [1.807, 2.05) is 7.05 Å². The molecule has 3 aliphatic rings. The monoisotopic (exact) mass is 208 g/mol. The lowest BCUT2D eigenvalue weighted by Gasteiger charge is -2.16. The number of rotatable bonds is 3. The van der Waals surface area contributed by atoms with Crippen LogP contribution in [0.15, 0.2) is 0 Å². The van der Waals surface area contributed by atoms with E-state index in [4.69, 9.17) is 0 Å². The average Bonchev–Trinajstić information content (AvgIpc) is 3.11. The fraction of sp³-hybridized carbons (Fsp3) is 0.917. The summed E-state index contributed by atoms with van der Waals surface area (Å²) in [5.41, 5.74) is 0. The van der Waals surface area contributed by atoms with E-state index in [1.165, 1.54) is 19.3 Å². The Labute approximate surface area is 91.2 Å². The first-order valence-electron chi connectivity index (χ1n) is 6.25. The molecule has 1 aliphatic heterocycles. The van der Waals surface area contributed by atoms with E-state index in [0.29, 0.717) is 17.9 Å². The van der Waals surface area contributed by atoms with Gasteiger partial charge in [0.2, 0.25) is 5.91 Å². The van der Waals surface area contributed by atoms with Crippen LogP contribution in [0.25, 0.3) is 0 Å². The van der Waals surface area contributed by atoms with Crippen LogP contribution in [0.1, 0.15) is 25.7 Å². The number of carbonyl (C=O) groups is 1. The molecule has 3 nitrogen and oxygen atoms in total. The molecule has 3 fully saturated rings. The van der Waals surface area contributed by atoms with Crippen LogP contribution in [-0.4, -0.2) is 37.0 Å². The molecule has 3 heteroatoms. The number of likely N-dealkylation sites (N-methyl/N-ethyl adjacent to an activating group) is 1. The van der Waals surface area contributed by atoms with Gasteiger partial charge in [-0.3, -0.25) is 4.79 Å². The Morgan fingerprint density at radius 3 is 2.73 bits per heavy atom. The van der Waals surface area contributed by atoms with Crippen molar-refractivity contribution in [1.29, 1.82) is 0 Å². The van der Waals surface area contributed by atoms with Crippen molar-refractivity contribution < 1.29 is 4.79 Å². The highest BCUT2D eigenvalue weighted by atomic mass is 16.2. The molecule has 1 N–H and O–H groups in total. The molecule has 1 heterocycles. The van der Waals surface area contributed by atoms with Crippen molar-refractivity contribution in [2.45, 2.75) is 31.7 Å². The number of likely N-dealkylation sites (tertiary alicyclic amines) is 1. The second-order valence-corrected chi connectivity index (χ2v) is 5.40. The lowest BCUT2D eigenvalue weighted by Crippen LogP contribution is -2.34. The van der Waals surface area contributed by atoms with E-state index in [0.717, 1.165) is 31.3 Å². The molecular formula is C12H20N2O. The van der Waals surface area contributed by atoms with E-state index in [-0.39, 0.29) is 0 Å². The zero-order valence-corrected chi connectivity index (χ0v) is 9.41. The van der Waals surface area contributed by atoms with Crippen LogP contribution in [0.4, 0.5) is 0 Å². The fourth-order valence-electron chi connectivity index (χ4n) is 2.97. The smallest absolute Gasteiger partial charge is 0.226 e. The Kier molecular flexibility index (Phi) is 2.23. The van der Waals surface area contributed by atoms with Crippen LogP contribution < -0.4 is 5.32 Å². The minimum atomic E-state index is 0.410. The second-order valence-electron chi connectivity index (χ2n) is 5.40. The van der Waals surface area contributed by atoms with Gasteiger partial charge in [0, 0.05) is 25.0 Å². The van der Waals surface area contributed by atoms with Gasteiger partial charge in [-0.1, -0.05) is 0 Å². The minimum absolute atomic E-state index is 0.410. The first-order valence-corrected chi connectivity index (χ1v) is 6.25. The highest BCUT2D eigenvalue weighted by Crippen LogP contribution is 2.55. The first-order chi connectivity index (χ1) is 7.29. The highest BCUT2D eigenvalue weighted by Gasteiger charge is 2.52. The van der Waals surface area contributed by atoms with Crippen LogP contribution in [-0.2, 0) is 4.79 Å². The Morgan fingerprint density at radius 1 is 1.33 bits per heavy atom. The Hall–Kier alpha value is -0.570. The maximum absolute atomic E-state index is 12.1. The molecule has 3 rings (SSSR count). The summed E-state index contributed by atoms with van der Waals surface area (Å²) in [5, 5.41) is 3.26. The largest absolute Gasteiger partial charge is 0.341 e. The van der Waals surface area contributed by atoms with Crippen molar-refractivity contribution >= 4 is 5.91 Å². The minimum Gasteiger partial charge on any atom is -0.341 e. The number of hydrogen-bond acceptors (Lipinski definition) is 2. The van der Waals surface area contributed by atoms with Crippen molar-refractivity contribution in [1.82, 2.24) is 10.2 Å². The Balaban J connectivity index is 1.53. The number of amides is 1. The van der Waals surface area contributed by atoms with E-state index in [1.54, 1.807) is 0 Å². The van der Waals surface area contributed by atoms with Gasteiger partial charge in [-0.2, -0.15) is 0 Å². The van der Waals surface area contributed by atoms with Crippen molar-refractivity contribution in [3.05, 3.63) is 0 Å². The van der Waals surface area contributed by atoms with E-state index >= 15 is 0 Å². The first kappa shape index (κ1) is 9.64. The summed E-state index contributed by atoms with van der Waals surface area (Å²) < 4.78 is 0. The molecule has 0 aromatic rings. The summed E-state index contributed by atoms with van der Waals surface area (Å²) in [6.07, 6.45) is 5.08. The summed E-state index contributed by atoms with van der Waals surface area (Å²) in [5.74, 6) is 2.55. The predicted octanol–water partition coefficient (Wildman–Crippen LogP) is 0.853. The number of nitrogens with zero attached hydrogens (tertiary/aromatic N) is 1. The fourth-order valence-corrected chi connectivity index (χ4v) is 2.97. The molecule has 3 unspecified atom stereocenters. The number of hydrogen-bond donors (Lipinski definition) is 1. The van der Waals surface area contributed by atoms with E-state index < -0.39 is 0 Å². The topological polar surface area (TPSA) is 32.3 Å². The van der Waals surface area contributed by atoms with Crippen molar-refractivity contribution in [2.24, 2.45) is 17.8 Å². The van der Waals surface area contributed by atoms with Crippen LogP contribution in [0.2, 0.25) is 0 Å². The molecule has 3 atom stereocenters. The van der Waals surface area contributed by atoms with E-state index in [2.05, 4.69) is 10.2 Å². The molecule has 84 valence electrons. The third-order valence-electron chi connectivity index (χ3n) is 4.29. The van der Waals surface area contributed by atoms with Gasteiger partial charge in [0.1, 0.15) is 0 Å². The molecule has 1 amide bonds. The summed E-state index contributed by atoms with van der Waals surface area (Å²) in [7, 11) is 1.99. The van der Waals surface area contributed by atoms with Gasteiger partial charge in [0.05, 0.1) is 0 Å². The highest BCUT2D eigenvalue weighted by molar-refractivity contribution is 5.82. The third kappa shape index (κ3) is 1.78. The van der Waals surface area contributed by atoms with Crippen molar-refractivity contribution in [3.63, 3.8) is 0 Å². The molecule has 15 heavy (non-hydrogen) atoms. The Morgan fingerprint density at radius 2 is 2.13 bits per heavy atom. The summed E-state index contributed by atoms with van der Waals surface area (Å²) in [6.45, 7) is 1.90. The average molecular weight is 208 g/mol. The maximum Gasteiger partial charge on any atom is 0.226 e. The van der Waals surface area contributed by atoms with Gasteiger partial charge in [0.15, 0.2) is 0 Å². The van der Waals surface area contributed by atoms with Crippen molar-refractivity contribution in [3.8, 4) is 0 Å². The summed E-state index contributed by atoms with van der Waals surface area (Å²) in [6, 6.07) is 0.534. The van der Waals surface area contributed by atoms with Gasteiger partial charge < -0.3 is 10.2 Å². The summed E-state index contributed by atoms with van der Waals surface area (Å²) in [4.78, 5) is 14.2. The van der Waals surface area contributed by atoms with Gasteiger partial charge in [-0.25, -0.2) is 0 Å². The molecule has 0 aromatic carbocycles. The molecule has 0 aromatic heterocycles. The van der Waals surface area contributed by atoms with Crippen LogP contribution in [0.3, 0.4) is 0 Å². The quantitative estimate of drug-likeness (QED) is 0.746. The number of nitrogens with one attached hydrogen (secondary N) is 1. The molecule has 2 aliphatic carbocycles. The van der Waals surface area contributed by atoms with Crippen LogP contribution in [0, 0.1) is 17.8 Å². The standard InChI is InChI=1S/C12H20N2O/c1-13-9-4-5-14(7-9)12(15)11-6-10(11)8-2-3-8/h8-11,13H,2-7H2,1H3.